The van der Waals surface area contributed by atoms with Crippen molar-refractivity contribution in [3.63, 3.8) is 0 Å². The molecule has 2 aliphatic heterocycles. The van der Waals surface area contributed by atoms with Crippen LogP contribution in [-0.4, -0.2) is 20.4 Å². The minimum absolute atomic E-state index is 0.0608. The first-order chi connectivity index (χ1) is 14.3. The van der Waals surface area contributed by atoms with Crippen LogP contribution in [0.15, 0.2) is 65.6 Å². The topological polar surface area (TPSA) is 75.7 Å². The van der Waals surface area contributed by atoms with Crippen molar-refractivity contribution in [1.29, 1.82) is 0 Å². The second-order valence-electron chi connectivity index (χ2n) is 7.70. The van der Waals surface area contributed by atoms with Crippen molar-refractivity contribution in [2.45, 2.75) is 31.2 Å². The number of hydrogen-bond acceptors (Lipinski definition) is 4. The summed E-state index contributed by atoms with van der Waals surface area (Å²) >= 11 is 0. The van der Waals surface area contributed by atoms with Gasteiger partial charge in [0.1, 0.15) is 5.75 Å². The van der Waals surface area contributed by atoms with Gasteiger partial charge in [-0.15, -0.1) is 0 Å². The van der Waals surface area contributed by atoms with Crippen LogP contribution in [0.3, 0.4) is 0 Å². The predicted octanol–water partition coefficient (Wildman–Crippen LogP) is 4.49. The standard InChI is InChI=1S/C23H20N2O4S/c1-14-7-9-22-19(11-14)24-23(26)18-13-17(8-10-21(18)29-22)30(27,28)25-15(2)12-16-5-3-4-6-20(16)25/h3-11,13,15H,12H2,1-2H3,(H,24,26)/t15-/m1/s1. The van der Waals surface area contributed by atoms with Crippen molar-refractivity contribution in [1.82, 2.24) is 0 Å². The smallest absolute Gasteiger partial charge is 0.264 e. The molecule has 0 spiro atoms. The van der Waals surface area contributed by atoms with Crippen molar-refractivity contribution in [2.24, 2.45) is 0 Å². The molecule has 30 heavy (non-hydrogen) atoms. The quantitative estimate of drug-likeness (QED) is 0.663. The number of nitrogens with zero attached hydrogens (tertiary/aromatic N) is 1. The minimum Gasteiger partial charge on any atom is -0.454 e. The van der Waals surface area contributed by atoms with Crippen LogP contribution in [0.1, 0.15) is 28.4 Å². The lowest BCUT2D eigenvalue weighted by molar-refractivity contribution is 0.102. The van der Waals surface area contributed by atoms with E-state index in [-0.39, 0.29) is 16.5 Å². The number of amides is 1. The van der Waals surface area contributed by atoms with E-state index in [2.05, 4.69) is 5.32 Å². The number of hydrogen-bond donors (Lipinski definition) is 1. The van der Waals surface area contributed by atoms with Gasteiger partial charge in [-0.25, -0.2) is 8.42 Å². The number of rotatable bonds is 2. The highest BCUT2D eigenvalue weighted by Crippen LogP contribution is 2.40. The van der Waals surface area contributed by atoms with E-state index in [4.69, 9.17) is 4.74 Å². The van der Waals surface area contributed by atoms with Crippen LogP contribution in [0.5, 0.6) is 11.5 Å². The Labute approximate surface area is 175 Å². The molecule has 0 unspecified atom stereocenters. The molecule has 7 heteroatoms. The maximum Gasteiger partial charge on any atom is 0.264 e. The molecule has 1 N–H and O–H groups in total. The van der Waals surface area contributed by atoms with E-state index in [1.165, 1.54) is 16.4 Å². The summed E-state index contributed by atoms with van der Waals surface area (Å²) in [4.78, 5) is 12.9. The van der Waals surface area contributed by atoms with Gasteiger partial charge in [-0.1, -0.05) is 24.3 Å². The number of ether oxygens (including phenoxy) is 1. The average Bonchev–Trinajstić information content (AvgIpc) is 2.99. The highest BCUT2D eigenvalue weighted by Gasteiger charge is 2.36. The van der Waals surface area contributed by atoms with Gasteiger partial charge in [-0.2, -0.15) is 0 Å². The molecular weight excluding hydrogens is 400 g/mol. The van der Waals surface area contributed by atoms with Crippen molar-refractivity contribution in [2.75, 3.05) is 9.62 Å². The van der Waals surface area contributed by atoms with Crippen LogP contribution in [0.25, 0.3) is 0 Å². The first kappa shape index (κ1) is 18.7. The Morgan fingerprint density at radius 3 is 2.63 bits per heavy atom. The number of carbonyl (C=O) groups excluding carboxylic acids is 1. The number of sulfonamides is 1. The van der Waals surface area contributed by atoms with Gasteiger partial charge >= 0.3 is 0 Å². The Morgan fingerprint density at radius 1 is 1.03 bits per heavy atom. The number of para-hydroxylation sites is 1. The van der Waals surface area contributed by atoms with Gasteiger partial charge in [0.25, 0.3) is 15.9 Å². The summed E-state index contributed by atoms with van der Waals surface area (Å²) in [6.07, 6.45) is 0.651. The molecule has 2 aliphatic rings. The molecule has 1 atom stereocenters. The Bertz CT molecular complexity index is 1300. The molecule has 5 rings (SSSR count). The molecule has 0 saturated heterocycles. The van der Waals surface area contributed by atoms with Gasteiger partial charge in [-0.3, -0.25) is 9.10 Å². The summed E-state index contributed by atoms with van der Waals surface area (Å²) in [6, 6.07) is 17.2. The number of benzene rings is 3. The Morgan fingerprint density at radius 2 is 1.80 bits per heavy atom. The van der Waals surface area contributed by atoms with E-state index in [9.17, 15) is 13.2 Å². The Balaban J connectivity index is 1.58. The molecule has 6 nitrogen and oxygen atoms in total. The zero-order valence-corrected chi connectivity index (χ0v) is 17.4. The lowest BCUT2D eigenvalue weighted by Crippen LogP contribution is -2.35. The highest BCUT2D eigenvalue weighted by molar-refractivity contribution is 7.92. The monoisotopic (exact) mass is 420 g/mol. The third-order valence-electron chi connectivity index (χ3n) is 5.50. The zero-order valence-electron chi connectivity index (χ0n) is 16.5. The first-order valence-corrected chi connectivity index (χ1v) is 11.1. The molecule has 0 saturated carbocycles. The van der Waals surface area contributed by atoms with Gasteiger partial charge < -0.3 is 10.1 Å². The number of fused-ring (bicyclic) bond motifs is 3. The van der Waals surface area contributed by atoms with E-state index < -0.39 is 15.9 Å². The van der Waals surface area contributed by atoms with Crippen LogP contribution in [0.4, 0.5) is 11.4 Å². The summed E-state index contributed by atoms with van der Waals surface area (Å²) in [7, 11) is -3.85. The van der Waals surface area contributed by atoms with E-state index in [1.807, 2.05) is 50.2 Å². The lowest BCUT2D eigenvalue weighted by atomic mass is 10.1. The Hall–Kier alpha value is -3.32. The lowest BCUT2D eigenvalue weighted by Gasteiger charge is -2.24. The van der Waals surface area contributed by atoms with E-state index in [0.29, 0.717) is 29.3 Å². The minimum atomic E-state index is -3.85. The molecule has 3 aromatic carbocycles. The number of carbonyl (C=O) groups is 1. The van der Waals surface area contributed by atoms with Gasteiger partial charge in [-0.05, 0) is 67.8 Å². The third kappa shape index (κ3) is 2.85. The molecule has 2 heterocycles. The predicted molar refractivity (Wildman–Crippen MR) is 115 cm³/mol. The maximum absolute atomic E-state index is 13.5. The molecule has 0 radical (unpaired) electrons. The van der Waals surface area contributed by atoms with E-state index in [1.54, 1.807) is 12.1 Å². The van der Waals surface area contributed by atoms with Crippen LogP contribution in [0.2, 0.25) is 0 Å². The van der Waals surface area contributed by atoms with Gasteiger partial charge in [0.05, 0.1) is 21.8 Å². The summed E-state index contributed by atoms with van der Waals surface area (Å²) in [5.41, 5.74) is 3.40. The Kier molecular flexibility index (Phi) is 4.11. The molecule has 1 amide bonds. The van der Waals surface area contributed by atoms with Crippen LogP contribution < -0.4 is 14.4 Å². The van der Waals surface area contributed by atoms with Crippen LogP contribution in [-0.2, 0) is 16.4 Å². The molecular formula is C23H20N2O4S. The summed E-state index contributed by atoms with van der Waals surface area (Å²) in [6.45, 7) is 3.81. The van der Waals surface area contributed by atoms with Gasteiger partial charge in [0.2, 0.25) is 0 Å². The van der Waals surface area contributed by atoms with Gasteiger partial charge in [0.15, 0.2) is 5.75 Å². The number of anilines is 2. The summed E-state index contributed by atoms with van der Waals surface area (Å²) in [5, 5.41) is 2.82. The van der Waals surface area contributed by atoms with E-state index in [0.717, 1.165) is 11.1 Å². The first-order valence-electron chi connectivity index (χ1n) is 9.71. The summed E-state index contributed by atoms with van der Waals surface area (Å²) < 4.78 is 34.4. The molecule has 0 fully saturated rings. The van der Waals surface area contributed by atoms with Crippen molar-refractivity contribution in [3.05, 3.63) is 77.4 Å². The molecule has 0 aliphatic carbocycles. The molecule has 0 aromatic heterocycles. The fraction of sp³-hybridized carbons (Fsp3) is 0.174. The van der Waals surface area contributed by atoms with Crippen molar-refractivity contribution >= 4 is 27.3 Å². The van der Waals surface area contributed by atoms with Crippen molar-refractivity contribution in [3.8, 4) is 11.5 Å². The van der Waals surface area contributed by atoms with Crippen molar-refractivity contribution < 1.29 is 17.9 Å². The zero-order chi connectivity index (χ0) is 21.0. The largest absolute Gasteiger partial charge is 0.454 e. The fourth-order valence-corrected chi connectivity index (χ4v) is 5.81. The normalized spacial score (nSPS) is 17.3. The van der Waals surface area contributed by atoms with Crippen LogP contribution in [0, 0.1) is 6.92 Å². The number of nitrogens with one attached hydrogen (secondary N) is 1. The molecule has 3 aromatic rings. The summed E-state index contributed by atoms with van der Waals surface area (Å²) in [5.74, 6) is 0.440. The second kappa shape index (κ2) is 6.60. The average molecular weight is 420 g/mol. The molecule has 152 valence electrons. The van der Waals surface area contributed by atoms with Crippen LogP contribution >= 0.6 is 0 Å². The fourth-order valence-electron chi connectivity index (χ4n) is 4.09. The number of aryl methyl sites for hydroxylation is 1. The maximum atomic E-state index is 13.5. The molecule has 0 bridgehead atoms. The third-order valence-corrected chi connectivity index (χ3v) is 7.42. The SMILES string of the molecule is Cc1ccc2c(c1)NC(=O)c1cc(S(=O)(=O)N3c4ccccc4C[C@H]3C)ccc1O2. The second-order valence-corrected chi connectivity index (χ2v) is 9.51. The van der Waals surface area contributed by atoms with Gasteiger partial charge in [0, 0.05) is 6.04 Å². The highest BCUT2D eigenvalue weighted by atomic mass is 32.2. The van der Waals surface area contributed by atoms with E-state index >= 15 is 0 Å².